The highest BCUT2D eigenvalue weighted by molar-refractivity contribution is 7.15. The van der Waals surface area contributed by atoms with Crippen LogP contribution in [0.3, 0.4) is 0 Å². The van der Waals surface area contributed by atoms with Gasteiger partial charge in [-0.25, -0.2) is 4.79 Å². The number of esters is 1. The summed E-state index contributed by atoms with van der Waals surface area (Å²) in [6.45, 7) is 14.0. The molecule has 1 aliphatic rings. The molecule has 0 bridgehead atoms. The van der Waals surface area contributed by atoms with E-state index >= 15 is 0 Å². The average Bonchev–Trinajstić information content (AvgIpc) is 3.31. The van der Waals surface area contributed by atoms with Gasteiger partial charge in [-0.15, -0.1) is 21.5 Å². The molecule has 6 nitrogen and oxygen atoms in total. The second-order valence-corrected chi connectivity index (χ2v) is 11.4. The third-order valence-electron chi connectivity index (χ3n) is 6.32. The minimum atomic E-state index is -0.544. The van der Waals surface area contributed by atoms with E-state index in [-0.39, 0.29) is 12.0 Å². The Hall–Kier alpha value is -3.58. The Kier molecular flexibility index (Phi) is 5.91. The first-order valence-electron chi connectivity index (χ1n) is 12.1. The van der Waals surface area contributed by atoms with Gasteiger partial charge in [0.2, 0.25) is 0 Å². The molecule has 184 valence electrons. The van der Waals surface area contributed by atoms with Crippen molar-refractivity contribution in [3.8, 4) is 16.1 Å². The molecule has 0 radical (unpaired) electrons. The van der Waals surface area contributed by atoms with E-state index in [9.17, 15) is 4.79 Å². The van der Waals surface area contributed by atoms with Crippen molar-refractivity contribution in [1.29, 1.82) is 0 Å². The molecule has 0 fully saturated rings. The lowest BCUT2D eigenvalue weighted by Crippen LogP contribution is -2.23. The highest BCUT2D eigenvalue weighted by Gasteiger charge is 2.29. The van der Waals surface area contributed by atoms with Crippen molar-refractivity contribution in [2.24, 2.45) is 4.99 Å². The van der Waals surface area contributed by atoms with Crippen LogP contribution in [0.5, 0.6) is 0 Å². The lowest BCUT2D eigenvalue weighted by atomic mass is 9.95. The predicted molar refractivity (Wildman–Crippen MR) is 145 cm³/mol. The largest absolute Gasteiger partial charge is 0.456 e. The van der Waals surface area contributed by atoms with Crippen molar-refractivity contribution in [2.75, 3.05) is 0 Å². The number of aliphatic imine (C=N–C) groups is 1. The smallest absolute Gasteiger partial charge is 0.338 e. The third-order valence-corrected chi connectivity index (χ3v) is 7.51. The van der Waals surface area contributed by atoms with Gasteiger partial charge in [0.25, 0.3) is 0 Å². The number of hydrogen-bond donors (Lipinski definition) is 0. The van der Waals surface area contributed by atoms with Crippen molar-refractivity contribution < 1.29 is 9.53 Å². The quantitative estimate of drug-likeness (QED) is 0.292. The number of nitrogens with zero attached hydrogens (tertiary/aromatic N) is 4. The fraction of sp³-hybridized carbons (Fsp3) is 0.310. The van der Waals surface area contributed by atoms with E-state index < -0.39 is 5.60 Å². The molecular formula is C29H30N4O2S. The molecule has 5 rings (SSSR count). The standard InChI is InChI=1S/C29H30N4O2S/c1-16-18(3)36-27-24(16)25(30-17(2)26-32-31-19(4)33(26)27)22-12-8-10-20(14-22)21-11-9-13-23(15-21)28(34)35-29(5,6)7/h8-15,17H,1-7H3/t17-/m0/s1. The SMILES string of the molecule is Cc1sc2c(c1C)C(c1cccc(-c3cccc(C(=O)OC(C)(C)C)c3)c1)=N[C@@H](C)c1nnc(C)n1-2. The van der Waals surface area contributed by atoms with E-state index in [1.165, 1.54) is 10.4 Å². The Bertz CT molecular complexity index is 1520. The van der Waals surface area contributed by atoms with Gasteiger partial charge in [-0.2, -0.15) is 0 Å². The number of fused-ring (bicyclic) bond motifs is 3. The van der Waals surface area contributed by atoms with Crippen LogP contribution in [0.2, 0.25) is 0 Å². The van der Waals surface area contributed by atoms with Gasteiger partial charge in [-0.3, -0.25) is 9.56 Å². The van der Waals surface area contributed by atoms with Crippen LogP contribution in [-0.2, 0) is 4.74 Å². The molecule has 2 aromatic heterocycles. The molecule has 0 amide bonds. The average molecular weight is 499 g/mol. The van der Waals surface area contributed by atoms with E-state index in [1.807, 2.05) is 52.0 Å². The number of benzene rings is 2. The Balaban J connectivity index is 1.60. The maximum Gasteiger partial charge on any atom is 0.338 e. The molecule has 2 aromatic carbocycles. The summed E-state index contributed by atoms with van der Waals surface area (Å²) in [5.74, 6) is 1.39. The molecular weight excluding hydrogens is 468 g/mol. The van der Waals surface area contributed by atoms with Crippen molar-refractivity contribution in [3.05, 3.63) is 87.3 Å². The van der Waals surface area contributed by atoms with E-state index in [0.717, 1.165) is 44.6 Å². The molecule has 7 heteroatoms. The van der Waals surface area contributed by atoms with Crippen LogP contribution < -0.4 is 0 Å². The maximum absolute atomic E-state index is 12.7. The van der Waals surface area contributed by atoms with Crippen LogP contribution in [0.15, 0.2) is 53.5 Å². The highest BCUT2D eigenvalue weighted by atomic mass is 32.1. The van der Waals surface area contributed by atoms with Crippen LogP contribution in [0.4, 0.5) is 0 Å². The first-order valence-corrected chi connectivity index (χ1v) is 12.9. The molecule has 0 saturated heterocycles. The summed E-state index contributed by atoms with van der Waals surface area (Å²) in [6, 6.07) is 15.8. The number of ether oxygens (including phenoxy) is 1. The van der Waals surface area contributed by atoms with E-state index in [2.05, 4.69) is 53.7 Å². The first kappa shape index (κ1) is 24.1. The minimum Gasteiger partial charge on any atom is -0.456 e. The molecule has 4 aromatic rings. The number of rotatable bonds is 3. The maximum atomic E-state index is 12.7. The van der Waals surface area contributed by atoms with Gasteiger partial charge < -0.3 is 4.74 Å². The van der Waals surface area contributed by atoms with Crippen LogP contribution in [-0.4, -0.2) is 32.0 Å². The van der Waals surface area contributed by atoms with Crippen molar-refractivity contribution in [3.63, 3.8) is 0 Å². The molecule has 0 aliphatic carbocycles. The van der Waals surface area contributed by atoms with E-state index in [4.69, 9.17) is 9.73 Å². The fourth-order valence-corrected chi connectivity index (χ4v) is 5.70. The zero-order chi connectivity index (χ0) is 25.8. The normalized spacial score (nSPS) is 15.1. The van der Waals surface area contributed by atoms with Crippen LogP contribution >= 0.6 is 11.3 Å². The summed E-state index contributed by atoms with van der Waals surface area (Å²) in [6.07, 6.45) is 0. The summed E-state index contributed by atoms with van der Waals surface area (Å²) in [4.78, 5) is 19.1. The summed E-state index contributed by atoms with van der Waals surface area (Å²) < 4.78 is 7.72. The predicted octanol–water partition coefficient (Wildman–Crippen LogP) is 6.79. The minimum absolute atomic E-state index is 0.139. The molecule has 0 saturated carbocycles. The number of aryl methyl sites for hydroxylation is 2. The van der Waals surface area contributed by atoms with Gasteiger partial charge in [0.05, 0.1) is 11.3 Å². The van der Waals surface area contributed by atoms with Gasteiger partial charge in [-0.1, -0.05) is 30.3 Å². The van der Waals surface area contributed by atoms with Crippen molar-refractivity contribution in [1.82, 2.24) is 14.8 Å². The van der Waals surface area contributed by atoms with Crippen molar-refractivity contribution >= 4 is 23.0 Å². The van der Waals surface area contributed by atoms with Crippen LogP contribution in [0.25, 0.3) is 16.1 Å². The molecule has 1 atom stereocenters. The van der Waals surface area contributed by atoms with E-state index in [0.29, 0.717) is 5.56 Å². The molecule has 0 unspecified atom stereocenters. The number of carbonyl (C=O) groups excluding carboxylic acids is 1. The van der Waals surface area contributed by atoms with Crippen molar-refractivity contribution in [2.45, 2.75) is 60.1 Å². The highest BCUT2D eigenvalue weighted by Crippen LogP contribution is 2.39. The Morgan fingerprint density at radius 1 is 0.972 bits per heavy atom. The number of hydrogen-bond acceptors (Lipinski definition) is 6. The third kappa shape index (κ3) is 4.28. The Morgan fingerprint density at radius 3 is 2.36 bits per heavy atom. The van der Waals surface area contributed by atoms with Gasteiger partial charge in [0.15, 0.2) is 5.82 Å². The second kappa shape index (κ2) is 8.82. The molecule has 3 heterocycles. The molecule has 36 heavy (non-hydrogen) atoms. The summed E-state index contributed by atoms with van der Waals surface area (Å²) in [5.41, 5.74) is 6.29. The van der Waals surface area contributed by atoms with Gasteiger partial charge in [0, 0.05) is 16.0 Å². The van der Waals surface area contributed by atoms with Crippen LogP contribution in [0.1, 0.15) is 77.3 Å². The summed E-state index contributed by atoms with van der Waals surface area (Å²) in [7, 11) is 0. The van der Waals surface area contributed by atoms with Gasteiger partial charge in [-0.05, 0) is 83.4 Å². The van der Waals surface area contributed by atoms with Gasteiger partial charge in [0.1, 0.15) is 22.5 Å². The molecule has 0 N–H and O–H groups in total. The monoisotopic (exact) mass is 498 g/mol. The Morgan fingerprint density at radius 2 is 1.64 bits per heavy atom. The van der Waals surface area contributed by atoms with Crippen LogP contribution in [0, 0.1) is 20.8 Å². The molecule has 1 aliphatic heterocycles. The summed E-state index contributed by atoms with van der Waals surface area (Å²) in [5, 5.41) is 9.90. The Labute approximate surface area is 215 Å². The number of aromatic nitrogens is 3. The number of thiophene rings is 1. The lowest BCUT2D eigenvalue weighted by Gasteiger charge is -2.19. The number of carbonyl (C=O) groups is 1. The second-order valence-electron chi connectivity index (χ2n) is 10.2. The molecule has 0 spiro atoms. The lowest BCUT2D eigenvalue weighted by molar-refractivity contribution is 0.00695. The van der Waals surface area contributed by atoms with E-state index in [1.54, 1.807) is 17.4 Å². The summed E-state index contributed by atoms with van der Waals surface area (Å²) >= 11 is 1.75. The fourth-order valence-electron chi connectivity index (χ4n) is 4.49. The topological polar surface area (TPSA) is 69.4 Å². The van der Waals surface area contributed by atoms with Gasteiger partial charge >= 0.3 is 5.97 Å². The zero-order valence-electron chi connectivity index (χ0n) is 21.7. The zero-order valence-corrected chi connectivity index (χ0v) is 22.5. The first-order chi connectivity index (χ1) is 17.0.